The molecule has 2 N–H and O–H groups in total. The van der Waals surface area contributed by atoms with Gasteiger partial charge < -0.3 is 25.0 Å². The van der Waals surface area contributed by atoms with Crippen molar-refractivity contribution < 1.29 is 19.4 Å². The van der Waals surface area contributed by atoms with Crippen LogP contribution in [-0.2, 0) is 9.53 Å². The minimum atomic E-state index is -0.938. The van der Waals surface area contributed by atoms with Gasteiger partial charge in [0.25, 0.3) is 0 Å². The van der Waals surface area contributed by atoms with Crippen molar-refractivity contribution in [1.29, 1.82) is 0 Å². The van der Waals surface area contributed by atoms with Gasteiger partial charge in [-0.05, 0) is 26.4 Å². The van der Waals surface area contributed by atoms with E-state index in [1.54, 1.807) is 11.9 Å². The van der Waals surface area contributed by atoms with Crippen LogP contribution in [0.5, 0.6) is 0 Å². The van der Waals surface area contributed by atoms with Crippen molar-refractivity contribution in [2.45, 2.75) is 31.4 Å². The van der Waals surface area contributed by atoms with E-state index in [-0.39, 0.29) is 19.0 Å². The number of rotatable bonds is 7. The molecule has 0 aromatic rings. The average Bonchev–Trinajstić information content (AvgIpc) is 2.79. The van der Waals surface area contributed by atoms with E-state index in [1.165, 1.54) is 13.5 Å². The number of aliphatic carboxylic acids is 1. The third kappa shape index (κ3) is 5.34. The largest absolute Gasteiger partial charge is 0.481 e. The molecule has 1 aliphatic rings. The molecule has 2 atom stereocenters. The molecule has 0 saturated carbocycles. The number of amides is 2. The Labute approximate surface area is 119 Å². The van der Waals surface area contributed by atoms with Crippen molar-refractivity contribution in [2.24, 2.45) is 0 Å². The Morgan fingerprint density at radius 2 is 2.25 bits per heavy atom. The van der Waals surface area contributed by atoms with Crippen LogP contribution >= 0.6 is 0 Å². The molecule has 1 rings (SSSR count). The summed E-state index contributed by atoms with van der Waals surface area (Å²) >= 11 is 0. The molecular weight excluding hydrogens is 262 g/mol. The first-order valence-corrected chi connectivity index (χ1v) is 6.87. The Bertz CT molecular complexity index is 338. The number of carboxylic acid groups (broad SMARTS) is 1. The molecule has 0 aliphatic carbocycles. The number of urea groups is 1. The first kappa shape index (κ1) is 16.7. The summed E-state index contributed by atoms with van der Waals surface area (Å²) in [6, 6.07) is 0.209. The molecule has 2 amide bonds. The van der Waals surface area contributed by atoms with Crippen LogP contribution in [0, 0.1) is 0 Å². The fraction of sp³-hybridized carbons (Fsp3) is 0.846. The summed E-state index contributed by atoms with van der Waals surface area (Å²) in [5.41, 5.74) is 0. The van der Waals surface area contributed by atoms with Crippen LogP contribution in [0.4, 0.5) is 4.79 Å². The minimum absolute atomic E-state index is 0.119. The first-order chi connectivity index (χ1) is 9.43. The highest BCUT2D eigenvalue weighted by atomic mass is 16.5. The summed E-state index contributed by atoms with van der Waals surface area (Å²) in [6.45, 7) is 1.95. The van der Waals surface area contributed by atoms with Crippen LogP contribution in [0.25, 0.3) is 0 Å². The van der Waals surface area contributed by atoms with Gasteiger partial charge in [0.2, 0.25) is 0 Å². The van der Waals surface area contributed by atoms with Crippen molar-refractivity contribution >= 4 is 12.0 Å². The number of nitrogens with one attached hydrogen (secondary N) is 1. The van der Waals surface area contributed by atoms with Crippen LogP contribution in [0.15, 0.2) is 0 Å². The SMILES string of the molecule is COC(CNC(=O)N(C)CC1CCCN1C)CC(=O)O. The molecule has 2 unspecified atom stereocenters. The van der Waals surface area contributed by atoms with E-state index in [2.05, 4.69) is 17.3 Å². The molecule has 0 radical (unpaired) electrons. The Hall–Kier alpha value is -1.34. The van der Waals surface area contributed by atoms with Crippen molar-refractivity contribution in [3.63, 3.8) is 0 Å². The second-order valence-electron chi connectivity index (χ2n) is 5.30. The Morgan fingerprint density at radius 1 is 1.55 bits per heavy atom. The lowest BCUT2D eigenvalue weighted by Gasteiger charge is -2.26. The van der Waals surface area contributed by atoms with Gasteiger partial charge in [0.1, 0.15) is 0 Å². The molecule has 1 fully saturated rings. The number of nitrogens with zero attached hydrogens (tertiary/aromatic N) is 2. The lowest BCUT2D eigenvalue weighted by Crippen LogP contribution is -2.46. The molecule has 20 heavy (non-hydrogen) atoms. The van der Waals surface area contributed by atoms with E-state index >= 15 is 0 Å². The van der Waals surface area contributed by atoms with Gasteiger partial charge in [-0.1, -0.05) is 0 Å². The molecule has 116 valence electrons. The number of carbonyl (C=O) groups excluding carboxylic acids is 1. The highest BCUT2D eigenvalue weighted by Gasteiger charge is 2.24. The fourth-order valence-corrected chi connectivity index (χ4v) is 2.38. The molecule has 0 spiro atoms. The van der Waals surface area contributed by atoms with Crippen molar-refractivity contribution in [2.75, 3.05) is 40.8 Å². The number of carboxylic acids is 1. The number of ether oxygens (including phenoxy) is 1. The third-order valence-corrected chi connectivity index (χ3v) is 3.72. The maximum absolute atomic E-state index is 11.9. The molecule has 0 bridgehead atoms. The molecule has 1 saturated heterocycles. The summed E-state index contributed by atoms with van der Waals surface area (Å²) in [6.07, 6.45) is 1.65. The van der Waals surface area contributed by atoms with Crippen molar-refractivity contribution in [1.82, 2.24) is 15.1 Å². The summed E-state index contributed by atoms with van der Waals surface area (Å²) in [5, 5.41) is 11.4. The maximum atomic E-state index is 11.9. The summed E-state index contributed by atoms with van der Waals surface area (Å²) in [7, 11) is 5.26. The quantitative estimate of drug-likeness (QED) is 0.699. The topological polar surface area (TPSA) is 82.1 Å². The molecule has 1 aliphatic heterocycles. The molecule has 0 aromatic heterocycles. The fourth-order valence-electron chi connectivity index (χ4n) is 2.38. The van der Waals surface area contributed by atoms with E-state index in [0.29, 0.717) is 12.6 Å². The standard InChI is InChI=1S/C13H25N3O4/c1-15-6-4-5-10(15)9-16(2)13(19)14-8-11(20-3)7-12(17)18/h10-11H,4-9H2,1-3H3,(H,14,19)(H,17,18). The van der Waals surface area contributed by atoms with Crippen molar-refractivity contribution in [3.8, 4) is 0 Å². The second kappa shape index (κ2) is 8.06. The van der Waals surface area contributed by atoms with Gasteiger partial charge in [-0.15, -0.1) is 0 Å². The van der Waals surface area contributed by atoms with Crippen LogP contribution in [0.3, 0.4) is 0 Å². The Morgan fingerprint density at radius 3 is 2.75 bits per heavy atom. The summed E-state index contributed by atoms with van der Waals surface area (Å²) in [4.78, 5) is 26.4. The van der Waals surface area contributed by atoms with E-state index in [4.69, 9.17) is 9.84 Å². The van der Waals surface area contributed by atoms with Gasteiger partial charge in [0.15, 0.2) is 0 Å². The van der Waals surface area contributed by atoms with E-state index in [0.717, 1.165) is 13.0 Å². The van der Waals surface area contributed by atoms with E-state index in [9.17, 15) is 9.59 Å². The predicted molar refractivity (Wildman–Crippen MR) is 74.7 cm³/mol. The number of hydrogen-bond donors (Lipinski definition) is 2. The van der Waals surface area contributed by atoms with Gasteiger partial charge in [-0.2, -0.15) is 0 Å². The van der Waals surface area contributed by atoms with Crippen LogP contribution in [-0.4, -0.2) is 79.9 Å². The lowest BCUT2D eigenvalue weighted by atomic mass is 10.2. The summed E-state index contributed by atoms with van der Waals surface area (Å²) in [5.74, 6) is -0.938. The van der Waals surface area contributed by atoms with E-state index < -0.39 is 12.1 Å². The average molecular weight is 287 g/mol. The number of methoxy groups -OCH3 is 1. The normalized spacial score (nSPS) is 20.6. The van der Waals surface area contributed by atoms with Gasteiger partial charge in [-0.3, -0.25) is 4.79 Å². The minimum Gasteiger partial charge on any atom is -0.481 e. The van der Waals surface area contributed by atoms with Gasteiger partial charge >= 0.3 is 12.0 Å². The molecule has 1 heterocycles. The second-order valence-corrected chi connectivity index (χ2v) is 5.30. The zero-order chi connectivity index (χ0) is 15.1. The van der Waals surface area contributed by atoms with Gasteiger partial charge in [0.05, 0.1) is 12.5 Å². The highest BCUT2D eigenvalue weighted by molar-refractivity contribution is 5.74. The van der Waals surface area contributed by atoms with Gasteiger partial charge in [0, 0.05) is 33.3 Å². The van der Waals surface area contributed by atoms with E-state index in [1.807, 2.05) is 0 Å². The number of likely N-dealkylation sites (N-methyl/N-ethyl adjacent to an activating group) is 2. The zero-order valence-electron chi connectivity index (χ0n) is 12.5. The molecular formula is C13H25N3O4. The molecule has 0 aromatic carbocycles. The summed E-state index contributed by atoms with van der Waals surface area (Å²) < 4.78 is 5.02. The zero-order valence-corrected chi connectivity index (χ0v) is 12.5. The van der Waals surface area contributed by atoms with Crippen LogP contribution < -0.4 is 5.32 Å². The highest BCUT2D eigenvalue weighted by Crippen LogP contribution is 2.15. The number of likely N-dealkylation sites (tertiary alicyclic amines) is 1. The van der Waals surface area contributed by atoms with Crippen LogP contribution in [0.1, 0.15) is 19.3 Å². The Kier molecular flexibility index (Phi) is 6.74. The molecule has 7 nitrogen and oxygen atoms in total. The van der Waals surface area contributed by atoms with Gasteiger partial charge in [-0.25, -0.2) is 4.79 Å². The third-order valence-electron chi connectivity index (χ3n) is 3.72. The maximum Gasteiger partial charge on any atom is 0.317 e. The Balaban J connectivity index is 2.31. The number of carbonyl (C=O) groups is 2. The lowest BCUT2D eigenvalue weighted by molar-refractivity contribution is -0.139. The smallest absolute Gasteiger partial charge is 0.317 e. The first-order valence-electron chi connectivity index (χ1n) is 6.87. The monoisotopic (exact) mass is 287 g/mol. The van der Waals surface area contributed by atoms with Crippen LogP contribution in [0.2, 0.25) is 0 Å². The predicted octanol–water partition coefficient (Wildman–Crippen LogP) is 0.212. The van der Waals surface area contributed by atoms with Crippen molar-refractivity contribution in [3.05, 3.63) is 0 Å². The molecule has 7 heteroatoms. The number of hydrogen-bond acceptors (Lipinski definition) is 4.